The number of thioether (sulfide) groups is 1. The third kappa shape index (κ3) is 5.23. The van der Waals surface area contributed by atoms with Crippen molar-refractivity contribution in [1.29, 1.82) is 0 Å². The highest BCUT2D eigenvalue weighted by Crippen LogP contribution is 2.32. The van der Waals surface area contributed by atoms with E-state index in [1.165, 1.54) is 43.9 Å². The van der Waals surface area contributed by atoms with Gasteiger partial charge in [-0.05, 0) is 37.0 Å². The van der Waals surface area contributed by atoms with Crippen molar-refractivity contribution in [2.24, 2.45) is 5.92 Å². The molecule has 1 amide bonds. The Kier molecular flexibility index (Phi) is 5.91. The van der Waals surface area contributed by atoms with E-state index in [1.807, 2.05) is 11.8 Å². The average Bonchev–Trinajstić information content (AvgIpc) is 2.43. The lowest BCUT2D eigenvalue weighted by Crippen LogP contribution is -2.17. The van der Waals surface area contributed by atoms with Crippen molar-refractivity contribution < 1.29 is 9.18 Å². The van der Waals surface area contributed by atoms with Gasteiger partial charge < -0.3 is 11.1 Å². The molecule has 0 radical (unpaired) electrons. The van der Waals surface area contributed by atoms with E-state index in [9.17, 15) is 9.18 Å². The number of carbonyl (C=O) groups is 1. The van der Waals surface area contributed by atoms with Crippen LogP contribution in [-0.2, 0) is 4.79 Å². The largest absolute Gasteiger partial charge is 0.396 e. The molecule has 1 aliphatic carbocycles. The number of halogens is 1. The summed E-state index contributed by atoms with van der Waals surface area (Å²) in [6.07, 6.45) is 5.65. The molecule has 1 fully saturated rings. The highest BCUT2D eigenvalue weighted by Gasteiger charge is 2.19. The van der Waals surface area contributed by atoms with E-state index in [0.29, 0.717) is 17.4 Å². The van der Waals surface area contributed by atoms with Crippen molar-refractivity contribution in [1.82, 2.24) is 0 Å². The van der Waals surface area contributed by atoms with E-state index in [0.717, 1.165) is 11.7 Å². The Balaban J connectivity index is 1.70. The third-order valence-corrected chi connectivity index (χ3v) is 5.19. The Morgan fingerprint density at radius 2 is 2.29 bits per heavy atom. The van der Waals surface area contributed by atoms with Crippen LogP contribution >= 0.6 is 11.8 Å². The van der Waals surface area contributed by atoms with Gasteiger partial charge in [0.05, 0.1) is 5.69 Å². The second-order valence-electron chi connectivity index (χ2n) is 5.80. The standard InChI is InChI=1S/C16H23FN2OS/c1-11-3-2-4-13(9-11)21-8-7-16(20)19-12-5-6-14(17)15(18)10-12/h5-6,10-11,13H,2-4,7-9,18H2,1H3,(H,19,20). The minimum Gasteiger partial charge on any atom is -0.396 e. The SMILES string of the molecule is CC1CCCC(SCCC(=O)Nc2ccc(F)c(N)c2)C1. The summed E-state index contributed by atoms with van der Waals surface area (Å²) in [7, 11) is 0. The van der Waals surface area contributed by atoms with E-state index >= 15 is 0 Å². The number of benzene rings is 1. The van der Waals surface area contributed by atoms with Gasteiger partial charge >= 0.3 is 0 Å². The van der Waals surface area contributed by atoms with Gasteiger partial charge in [0.1, 0.15) is 5.82 Å². The van der Waals surface area contributed by atoms with Crippen LogP contribution in [0.3, 0.4) is 0 Å². The van der Waals surface area contributed by atoms with Gasteiger partial charge in [0.25, 0.3) is 0 Å². The monoisotopic (exact) mass is 310 g/mol. The number of hydrogen-bond acceptors (Lipinski definition) is 3. The van der Waals surface area contributed by atoms with Crippen LogP contribution in [0.25, 0.3) is 0 Å². The lowest BCUT2D eigenvalue weighted by Gasteiger charge is -2.26. The first-order valence-electron chi connectivity index (χ1n) is 7.51. The van der Waals surface area contributed by atoms with Gasteiger partial charge in [0, 0.05) is 23.1 Å². The van der Waals surface area contributed by atoms with Gasteiger partial charge in [-0.15, -0.1) is 0 Å². The lowest BCUT2D eigenvalue weighted by atomic mass is 9.91. The van der Waals surface area contributed by atoms with Crippen LogP contribution in [0.1, 0.15) is 39.0 Å². The molecule has 1 aromatic carbocycles. The van der Waals surface area contributed by atoms with Crippen LogP contribution in [0.4, 0.5) is 15.8 Å². The number of carbonyl (C=O) groups excluding carboxylic acids is 1. The molecule has 116 valence electrons. The zero-order valence-corrected chi connectivity index (χ0v) is 13.2. The first-order valence-corrected chi connectivity index (χ1v) is 8.56. The van der Waals surface area contributed by atoms with E-state index in [2.05, 4.69) is 12.2 Å². The summed E-state index contributed by atoms with van der Waals surface area (Å²) in [5, 5.41) is 3.45. The molecule has 0 heterocycles. The van der Waals surface area contributed by atoms with Crippen molar-refractivity contribution >= 4 is 29.0 Å². The molecule has 3 N–H and O–H groups in total. The van der Waals surface area contributed by atoms with E-state index < -0.39 is 5.82 Å². The minimum atomic E-state index is -0.463. The van der Waals surface area contributed by atoms with Crippen molar-refractivity contribution in [3.8, 4) is 0 Å². The molecular formula is C16H23FN2OS. The topological polar surface area (TPSA) is 55.1 Å². The zero-order valence-electron chi connectivity index (χ0n) is 12.4. The maximum Gasteiger partial charge on any atom is 0.225 e. The molecule has 1 aromatic rings. The van der Waals surface area contributed by atoms with Crippen LogP contribution in [0.5, 0.6) is 0 Å². The summed E-state index contributed by atoms with van der Waals surface area (Å²) >= 11 is 1.90. The number of rotatable bonds is 5. The van der Waals surface area contributed by atoms with E-state index in [1.54, 1.807) is 0 Å². The Morgan fingerprint density at radius 1 is 1.48 bits per heavy atom. The molecule has 1 aliphatic rings. The molecule has 0 spiro atoms. The number of amides is 1. The van der Waals surface area contributed by atoms with Crippen molar-refractivity contribution in [2.75, 3.05) is 16.8 Å². The van der Waals surface area contributed by atoms with E-state index in [-0.39, 0.29) is 11.6 Å². The molecule has 2 unspecified atom stereocenters. The number of nitrogen functional groups attached to an aromatic ring is 1. The molecule has 3 nitrogen and oxygen atoms in total. The Hall–Kier alpha value is -1.23. The predicted molar refractivity (Wildman–Crippen MR) is 87.9 cm³/mol. The Labute approximate surface area is 129 Å². The number of anilines is 2. The van der Waals surface area contributed by atoms with Crippen LogP contribution in [-0.4, -0.2) is 16.9 Å². The third-order valence-electron chi connectivity index (χ3n) is 3.85. The second-order valence-corrected chi connectivity index (χ2v) is 7.21. The molecule has 0 aliphatic heterocycles. The summed E-state index contributed by atoms with van der Waals surface area (Å²) < 4.78 is 13.0. The minimum absolute atomic E-state index is 0.0441. The van der Waals surface area contributed by atoms with Crippen LogP contribution in [0, 0.1) is 11.7 Å². The molecule has 2 atom stereocenters. The summed E-state index contributed by atoms with van der Waals surface area (Å²) in [6, 6.07) is 4.24. The number of nitrogens with one attached hydrogen (secondary N) is 1. The summed E-state index contributed by atoms with van der Waals surface area (Å²) in [5.74, 6) is 1.14. The highest BCUT2D eigenvalue weighted by atomic mass is 32.2. The summed E-state index contributed by atoms with van der Waals surface area (Å²) in [5.41, 5.74) is 6.08. The van der Waals surface area contributed by atoms with Gasteiger partial charge in [-0.3, -0.25) is 4.79 Å². The van der Waals surface area contributed by atoms with Gasteiger partial charge in [0.15, 0.2) is 0 Å². The summed E-state index contributed by atoms with van der Waals surface area (Å²) in [6.45, 7) is 2.30. The second kappa shape index (κ2) is 7.69. The molecule has 2 rings (SSSR count). The first kappa shape index (κ1) is 16.1. The van der Waals surface area contributed by atoms with Crippen molar-refractivity contribution in [3.63, 3.8) is 0 Å². The fraction of sp³-hybridized carbons (Fsp3) is 0.562. The zero-order chi connectivity index (χ0) is 15.2. The molecule has 5 heteroatoms. The number of nitrogens with two attached hydrogens (primary N) is 1. The Bertz CT molecular complexity index is 495. The Morgan fingerprint density at radius 3 is 3.00 bits per heavy atom. The van der Waals surface area contributed by atoms with Crippen molar-refractivity contribution in [3.05, 3.63) is 24.0 Å². The highest BCUT2D eigenvalue weighted by molar-refractivity contribution is 7.99. The molecule has 0 bridgehead atoms. The van der Waals surface area contributed by atoms with Gasteiger partial charge in [-0.1, -0.05) is 19.8 Å². The fourth-order valence-electron chi connectivity index (χ4n) is 2.69. The predicted octanol–water partition coefficient (Wildman–Crippen LogP) is 4.05. The number of hydrogen-bond donors (Lipinski definition) is 2. The molecule has 21 heavy (non-hydrogen) atoms. The smallest absolute Gasteiger partial charge is 0.225 e. The van der Waals surface area contributed by atoms with Crippen LogP contribution in [0.15, 0.2) is 18.2 Å². The average molecular weight is 310 g/mol. The van der Waals surface area contributed by atoms with E-state index in [4.69, 9.17) is 5.73 Å². The van der Waals surface area contributed by atoms with Crippen molar-refractivity contribution in [2.45, 2.75) is 44.3 Å². The molecule has 1 saturated carbocycles. The maximum atomic E-state index is 13.0. The maximum absolute atomic E-state index is 13.0. The van der Waals surface area contributed by atoms with Gasteiger partial charge in [-0.2, -0.15) is 11.8 Å². The summed E-state index contributed by atoms with van der Waals surface area (Å²) in [4.78, 5) is 11.9. The quantitative estimate of drug-likeness (QED) is 0.807. The van der Waals surface area contributed by atoms with Crippen LogP contribution in [0.2, 0.25) is 0 Å². The van der Waals surface area contributed by atoms with Gasteiger partial charge in [0.2, 0.25) is 5.91 Å². The van der Waals surface area contributed by atoms with Crippen LogP contribution < -0.4 is 11.1 Å². The fourth-order valence-corrected chi connectivity index (χ4v) is 4.13. The molecule has 0 aromatic heterocycles. The van der Waals surface area contributed by atoms with Gasteiger partial charge in [-0.25, -0.2) is 4.39 Å². The normalized spacial score (nSPS) is 22.0. The molecular weight excluding hydrogens is 287 g/mol. The lowest BCUT2D eigenvalue weighted by molar-refractivity contribution is -0.115. The molecule has 0 saturated heterocycles. The first-order chi connectivity index (χ1) is 10.0.